The van der Waals surface area contributed by atoms with Crippen LogP contribution in [0, 0.1) is 0 Å². The fourth-order valence-corrected chi connectivity index (χ4v) is 2.97. The standard InChI is InChI=1S/C4H4N2O2S2/c7-10(8)4-3(1-5-10)2-9-6-4/h2,5H,1H2. The first-order valence-corrected chi connectivity index (χ1v) is 4.95. The second-order valence-corrected chi connectivity index (χ2v) is 4.28. The van der Waals surface area contributed by atoms with Gasteiger partial charge in [-0.25, -0.2) is 13.1 Å². The van der Waals surface area contributed by atoms with Crippen molar-refractivity contribution in [3.8, 4) is 0 Å². The van der Waals surface area contributed by atoms with Crippen LogP contribution >= 0.6 is 11.5 Å². The Labute approximate surface area is 62.1 Å². The maximum Gasteiger partial charge on any atom is 0.259 e. The highest BCUT2D eigenvalue weighted by atomic mass is 32.2. The Bertz CT molecular complexity index is 353. The minimum absolute atomic E-state index is 0.206. The van der Waals surface area contributed by atoms with Crippen LogP contribution in [0.5, 0.6) is 0 Å². The average Bonchev–Trinajstić information content (AvgIpc) is 2.36. The maximum absolute atomic E-state index is 10.9. The summed E-state index contributed by atoms with van der Waals surface area (Å²) in [5.74, 6) is 0. The summed E-state index contributed by atoms with van der Waals surface area (Å²) in [5, 5.41) is 1.95. The van der Waals surface area contributed by atoms with Crippen LogP contribution in [0.1, 0.15) is 5.56 Å². The van der Waals surface area contributed by atoms with Crippen molar-refractivity contribution in [3.63, 3.8) is 0 Å². The zero-order valence-corrected chi connectivity index (χ0v) is 6.50. The summed E-state index contributed by atoms with van der Waals surface area (Å²) in [6.07, 6.45) is 0. The Kier molecular flexibility index (Phi) is 1.11. The summed E-state index contributed by atoms with van der Waals surface area (Å²) in [6.45, 7) is 0.397. The maximum atomic E-state index is 10.9. The summed E-state index contributed by atoms with van der Waals surface area (Å²) < 4.78 is 28.0. The average molecular weight is 176 g/mol. The zero-order chi connectivity index (χ0) is 7.19. The molecule has 1 aliphatic heterocycles. The van der Waals surface area contributed by atoms with Crippen molar-refractivity contribution < 1.29 is 8.42 Å². The lowest BCUT2D eigenvalue weighted by Gasteiger charge is -1.87. The molecule has 1 aromatic rings. The van der Waals surface area contributed by atoms with Gasteiger partial charge >= 0.3 is 0 Å². The Hall–Kier alpha value is -0.460. The topological polar surface area (TPSA) is 59.1 Å². The lowest BCUT2D eigenvalue weighted by Crippen LogP contribution is -2.14. The second-order valence-electron chi connectivity index (χ2n) is 1.97. The molecule has 4 nitrogen and oxygen atoms in total. The van der Waals surface area contributed by atoms with Crippen LogP contribution in [0.15, 0.2) is 10.4 Å². The molecule has 1 aliphatic rings. The highest BCUT2D eigenvalue weighted by Gasteiger charge is 2.27. The van der Waals surface area contributed by atoms with Crippen LogP contribution < -0.4 is 4.72 Å². The molecule has 0 aromatic carbocycles. The molecule has 6 heteroatoms. The van der Waals surface area contributed by atoms with Crippen molar-refractivity contribution in [3.05, 3.63) is 10.9 Å². The van der Waals surface area contributed by atoms with Gasteiger partial charge in [-0.15, -0.1) is 0 Å². The van der Waals surface area contributed by atoms with Crippen LogP contribution in [0.4, 0.5) is 0 Å². The molecule has 0 saturated heterocycles. The fourth-order valence-electron chi connectivity index (χ4n) is 0.827. The molecule has 2 heterocycles. The van der Waals surface area contributed by atoms with Gasteiger partial charge in [0.15, 0.2) is 5.03 Å². The van der Waals surface area contributed by atoms with Gasteiger partial charge in [-0.3, -0.25) is 0 Å². The molecular weight excluding hydrogens is 172 g/mol. The number of nitrogens with one attached hydrogen (secondary N) is 1. The van der Waals surface area contributed by atoms with E-state index in [0.717, 1.165) is 5.56 Å². The van der Waals surface area contributed by atoms with E-state index >= 15 is 0 Å². The number of nitrogens with zero attached hydrogens (tertiary/aromatic N) is 1. The molecular formula is C4H4N2O2S2. The van der Waals surface area contributed by atoms with Gasteiger partial charge in [0.05, 0.1) is 0 Å². The first kappa shape index (κ1) is 6.26. The van der Waals surface area contributed by atoms with Gasteiger partial charge in [-0.2, -0.15) is 4.37 Å². The summed E-state index contributed by atoms with van der Waals surface area (Å²) in [5.41, 5.74) is 0.782. The second kappa shape index (κ2) is 1.77. The normalized spacial score (nSPS) is 20.8. The van der Waals surface area contributed by atoms with Gasteiger partial charge in [-0.05, 0) is 11.5 Å². The molecule has 0 atom stereocenters. The van der Waals surface area contributed by atoms with E-state index in [0.29, 0.717) is 6.54 Å². The van der Waals surface area contributed by atoms with E-state index < -0.39 is 10.0 Å². The lowest BCUT2D eigenvalue weighted by atomic mass is 10.4. The zero-order valence-electron chi connectivity index (χ0n) is 4.86. The van der Waals surface area contributed by atoms with Gasteiger partial charge in [-0.1, -0.05) is 0 Å². The predicted octanol–water partition coefficient (Wildman–Crippen LogP) is -0.0650. The highest BCUT2D eigenvalue weighted by Crippen LogP contribution is 2.21. The van der Waals surface area contributed by atoms with E-state index in [1.54, 1.807) is 5.38 Å². The van der Waals surface area contributed by atoms with E-state index in [2.05, 4.69) is 9.10 Å². The largest absolute Gasteiger partial charge is 0.259 e. The predicted molar refractivity (Wildman–Crippen MR) is 36.1 cm³/mol. The summed E-state index contributed by atoms with van der Waals surface area (Å²) in [4.78, 5) is 0. The first-order chi connectivity index (χ1) is 4.70. The Morgan fingerprint density at radius 1 is 1.70 bits per heavy atom. The fraction of sp³-hybridized carbons (Fsp3) is 0.250. The summed E-state index contributed by atoms with van der Waals surface area (Å²) in [6, 6.07) is 0. The highest BCUT2D eigenvalue weighted by molar-refractivity contribution is 7.89. The van der Waals surface area contributed by atoms with Crippen molar-refractivity contribution in [2.24, 2.45) is 0 Å². The summed E-state index contributed by atoms with van der Waals surface area (Å²) >= 11 is 1.18. The van der Waals surface area contributed by atoms with Crippen LogP contribution in [0.25, 0.3) is 0 Å². The molecule has 2 rings (SSSR count). The lowest BCUT2D eigenvalue weighted by molar-refractivity contribution is 0.587. The molecule has 0 radical (unpaired) electrons. The van der Waals surface area contributed by atoms with Crippen molar-refractivity contribution in [1.82, 2.24) is 9.10 Å². The summed E-state index contributed by atoms with van der Waals surface area (Å²) in [7, 11) is -3.21. The van der Waals surface area contributed by atoms with Gasteiger partial charge in [0, 0.05) is 17.5 Å². The third kappa shape index (κ3) is 0.695. The molecule has 0 fully saturated rings. The van der Waals surface area contributed by atoms with E-state index in [-0.39, 0.29) is 5.03 Å². The van der Waals surface area contributed by atoms with Crippen LogP contribution in [0.3, 0.4) is 0 Å². The monoisotopic (exact) mass is 176 g/mol. The first-order valence-electron chi connectivity index (χ1n) is 2.63. The Balaban J connectivity index is 2.76. The number of hydrogen-bond acceptors (Lipinski definition) is 4. The molecule has 0 amide bonds. The van der Waals surface area contributed by atoms with Crippen molar-refractivity contribution >= 4 is 21.6 Å². The van der Waals surface area contributed by atoms with E-state index in [9.17, 15) is 8.42 Å². The molecule has 54 valence electrons. The number of rotatable bonds is 0. The van der Waals surface area contributed by atoms with Crippen molar-refractivity contribution in [2.75, 3.05) is 0 Å². The Morgan fingerprint density at radius 2 is 2.50 bits per heavy atom. The molecule has 0 saturated carbocycles. The van der Waals surface area contributed by atoms with Crippen LogP contribution in [-0.2, 0) is 16.6 Å². The quantitative estimate of drug-likeness (QED) is 0.602. The number of sulfonamides is 1. The molecule has 0 bridgehead atoms. The van der Waals surface area contributed by atoms with Crippen LogP contribution in [0.2, 0.25) is 0 Å². The van der Waals surface area contributed by atoms with Crippen molar-refractivity contribution in [2.45, 2.75) is 11.6 Å². The van der Waals surface area contributed by atoms with Crippen molar-refractivity contribution in [1.29, 1.82) is 0 Å². The molecule has 0 aliphatic carbocycles. The van der Waals surface area contributed by atoms with E-state index in [4.69, 9.17) is 0 Å². The third-order valence-electron chi connectivity index (χ3n) is 1.31. The van der Waals surface area contributed by atoms with Gasteiger partial charge in [0.25, 0.3) is 10.0 Å². The molecule has 0 unspecified atom stereocenters. The minimum Gasteiger partial charge on any atom is -0.205 e. The number of hydrogen-bond donors (Lipinski definition) is 1. The smallest absolute Gasteiger partial charge is 0.205 e. The van der Waals surface area contributed by atoms with E-state index in [1.807, 2.05) is 0 Å². The molecule has 1 N–H and O–H groups in total. The number of fused-ring (bicyclic) bond motifs is 1. The molecule has 0 spiro atoms. The van der Waals surface area contributed by atoms with Gasteiger partial charge < -0.3 is 0 Å². The third-order valence-corrected chi connectivity index (χ3v) is 3.49. The minimum atomic E-state index is -3.21. The Morgan fingerprint density at radius 3 is 3.20 bits per heavy atom. The van der Waals surface area contributed by atoms with Gasteiger partial charge in [0.2, 0.25) is 0 Å². The molecule has 1 aromatic heterocycles. The van der Waals surface area contributed by atoms with Gasteiger partial charge in [0.1, 0.15) is 0 Å². The molecule has 10 heavy (non-hydrogen) atoms. The number of aromatic nitrogens is 1. The SMILES string of the molecule is O=S1(=O)NCc2csnc21. The van der Waals surface area contributed by atoms with E-state index in [1.165, 1.54) is 11.5 Å². The van der Waals surface area contributed by atoms with Crippen LogP contribution in [-0.4, -0.2) is 12.8 Å².